The van der Waals surface area contributed by atoms with Crippen LogP contribution in [0.25, 0.3) is 0 Å². The van der Waals surface area contributed by atoms with Gasteiger partial charge in [-0.15, -0.1) is 0 Å². The highest BCUT2D eigenvalue weighted by Crippen LogP contribution is 2.18. The predicted molar refractivity (Wildman–Crippen MR) is 73.0 cm³/mol. The molecule has 0 aliphatic carbocycles. The summed E-state index contributed by atoms with van der Waals surface area (Å²) in [7, 11) is 0. The number of hydrogen-bond donors (Lipinski definition) is 1. The lowest BCUT2D eigenvalue weighted by Gasteiger charge is -2.34. The van der Waals surface area contributed by atoms with Gasteiger partial charge in [-0.05, 0) is 30.9 Å². The van der Waals surface area contributed by atoms with Gasteiger partial charge >= 0.3 is 0 Å². The fourth-order valence-corrected chi connectivity index (χ4v) is 2.31. The maximum Gasteiger partial charge on any atom is 0.260 e. The summed E-state index contributed by atoms with van der Waals surface area (Å²) in [4.78, 5) is 13.8. The molecule has 2 unspecified atom stereocenters. The van der Waals surface area contributed by atoms with Crippen molar-refractivity contribution in [3.05, 3.63) is 29.8 Å². The van der Waals surface area contributed by atoms with Crippen LogP contribution in [0.3, 0.4) is 0 Å². The second-order valence-electron chi connectivity index (χ2n) is 5.23. The van der Waals surface area contributed by atoms with E-state index in [-0.39, 0.29) is 24.5 Å². The van der Waals surface area contributed by atoms with Crippen LogP contribution in [0.1, 0.15) is 18.9 Å². The molecule has 1 aromatic rings. The zero-order valence-electron chi connectivity index (χ0n) is 11.5. The monoisotopic (exact) mass is 263 g/mol. The van der Waals surface area contributed by atoms with Crippen LogP contribution in [0.2, 0.25) is 0 Å². The summed E-state index contributed by atoms with van der Waals surface area (Å²) < 4.78 is 5.56. The highest BCUT2D eigenvalue weighted by molar-refractivity contribution is 5.78. The van der Waals surface area contributed by atoms with Crippen LogP contribution < -0.4 is 4.74 Å². The van der Waals surface area contributed by atoms with Crippen molar-refractivity contribution < 1.29 is 14.6 Å². The number of hydrogen-bond acceptors (Lipinski definition) is 3. The highest BCUT2D eigenvalue weighted by atomic mass is 16.5. The van der Waals surface area contributed by atoms with E-state index >= 15 is 0 Å². The lowest BCUT2D eigenvalue weighted by Crippen LogP contribution is -2.46. The van der Waals surface area contributed by atoms with E-state index in [1.54, 1.807) is 4.90 Å². The summed E-state index contributed by atoms with van der Waals surface area (Å²) in [6.45, 7) is 5.21. The minimum absolute atomic E-state index is 0.0120. The first-order chi connectivity index (χ1) is 9.08. The zero-order chi connectivity index (χ0) is 13.8. The third kappa shape index (κ3) is 3.47. The number of aryl methyl sites for hydroxylation is 1. The van der Waals surface area contributed by atoms with Crippen molar-refractivity contribution in [2.24, 2.45) is 5.92 Å². The second-order valence-corrected chi connectivity index (χ2v) is 5.23. The number of aliphatic hydroxyl groups is 1. The number of piperidine rings is 1. The molecule has 1 N–H and O–H groups in total. The van der Waals surface area contributed by atoms with Crippen LogP contribution in [0.5, 0.6) is 5.75 Å². The number of carbonyl (C=O) groups excluding carboxylic acids is 1. The summed E-state index contributed by atoms with van der Waals surface area (Å²) in [5.74, 6) is 0.874. The average Bonchev–Trinajstić information content (AvgIpc) is 2.40. The molecule has 1 amide bonds. The van der Waals surface area contributed by atoms with Crippen LogP contribution >= 0.6 is 0 Å². The Balaban J connectivity index is 1.87. The minimum atomic E-state index is -0.290. The molecule has 1 aromatic carbocycles. The van der Waals surface area contributed by atoms with Gasteiger partial charge in [0.1, 0.15) is 5.75 Å². The number of carbonyl (C=O) groups is 1. The van der Waals surface area contributed by atoms with Crippen molar-refractivity contribution >= 4 is 5.91 Å². The van der Waals surface area contributed by atoms with Crippen molar-refractivity contribution in [3.63, 3.8) is 0 Å². The van der Waals surface area contributed by atoms with Gasteiger partial charge in [-0.1, -0.05) is 25.1 Å². The first kappa shape index (κ1) is 13.9. The van der Waals surface area contributed by atoms with E-state index in [2.05, 4.69) is 0 Å². The number of ether oxygens (including phenoxy) is 1. The molecule has 1 fully saturated rings. The van der Waals surface area contributed by atoms with Crippen molar-refractivity contribution in [3.8, 4) is 5.75 Å². The number of para-hydroxylation sites is 1. The Kier molecular flexibility index (Phi) is 4.43. The number of aliphatic hydroxyl groups excluding tert-OH is 1. The van der Waals surface area contributed by atoms with Crippen molar-refractivity contribution in [2.45, 2.75) is 26.4 Å². The summed E-state index contributed by atoms with van der Waals surface area (Å²) in [6, 6.07) is 7.66. The molecule has 0 bridgehead atoms. The fraction of sp³-hybridized carbons (Fsp3) is 0.533. The molecule has 4 nitrogen and oxygen atoms in total. The van der Waals surface area contributed by atoms with Crippen LogP contribution in [0.4, 0.5) is 0 Å². The Bertz CT molecular complexity index is 447. The molecule has 2 atom stereocenters. The predicted octanol–water partition coefficient (Wildman–Crippen LogP) is 1.60. The third-order valence-electron chi connectivity index (χ3n) is 3.66. The van der Waals surface area contributed by atoms with E-state index in [1.165, 1.54) is 0 Å². The minimum Gasteiger partial charge on any atom is -0.484 e. The maximum atomic E-state index is 12.1. The van der Waals surface area contributed by atoms with Crippen molar-refractivity contribution in [1.29, 1.82) is 0 Å². The van der Waals surface area contributed by atoms with Crippen LogP contribution in [-0.2, 0) is 4.79 Å². The molecule has 19 heavy (non-hydrogen) atoms. The van der Waals surface area contributed by atoms with E-state index in [1.807, 2.05) is 38.1 Å². The van der Waals surface area contributed by atoms with E-state index in [0.29, 0.717) is 19.5 Å². The average molecular weight is 263 g/mol. The normalized spacial score (nSPS) is 23.2. The van der Waals surface area contributed by atoms with Gasteiger partial charge in [0.05, 0.1) is 6.10 Å². The van der Waals surface area contributed by atoms with Crippen molar-refractivity contribution in [2.75, 3.05) is 19.7 Å². The molecular formula is C15H21NO3. The van der Waals surface area contributed by atoms with Gasteiger partial charge < -0.3 is 14.7 Å². The molecule has 2 rings (SSSR count). The van der Waals surface area contributed by atoms with E-state index < -0.39 is 0 Å². The Morgan fingerprint density at radius 1 is 1.47 bits per heavy atom. The Labute approximate surface area is 114 Å². The molecule has 0 saturated carbocycles. The van der Waals surface area contributed by atoms with Crippen molar-refractivity contribution in [1.82, 2.24) is 4.90 Å². The van der Waals surface area contributed by atoms with E-state index in [4.69, 9.17) is 4.74 Å². The molecule has 104 valence electrons. The number of benzene rings is 1. The van der Waals surface area contributed by atoms with Crippen LogP contribution in [-0.4, -0.2) is 41.7 Å². The number of likely N-dealkylation sites (tertiary alicyclic amines) is 1. The van der Waals surface area contributed by atoms with E-state index in [0.717, 1.165) is 11.3 Å². The SMILES string of the molecule is Cc1ccccc1OCC(=O)N1CCC(O)C(C)C1. The summed E-state index contributed by atoms with van der Waals surface area (Å²) in [6.07, 6.45) is 0.360. The number of amides is 1. The molecule has 1 aliphatic rings. The molecule has 0 radical (unpaired) electrons. The zero-order valence-corrected chi connectivity index (χ0v) is 11.5. The summed E-state index contributed by atoms with van der Waals surface area (Å²) in [5.41, 5.74) is 1.03. The number of nitrogens with zero attached hydrogens (tertiary/aromatic N) is 1. The largest absolute Gasteiger partial charge is 0.484 e. The van der Waals surface area contributed by atoms with Gasteiger partial charge in [-0.2, -0.15) is 0 Å². The number of rotatable bonds is 3. The Morgan fingerprint density at radius 3 is 2.89 bits per heavy atom. The third-order valence-corrected chi connectivity index (χ3v) is 3.66. The molecule has 0 spiro atoms. The van der Waals surface area contributed by atoms with Crippen LogP contribution in [0.15, 0.2) is 24.3 Å². The lowest BCUT2D eigenvalue weighted by atomic mass is 9.97. The summed E-state index contributed by atoms with van der Waals surface area (Å²) in [5, 5.41) is 9.65. The van der Waals surface area contributed by atoms with Gasteiger partial charge in [0.2, 0.25) is 0 Å². The molecule has 4 heteroatoms. The molecule has 1 saturated heterocycles. The standard InChI is InChI=1S/C15H21NO3/c1-11-5-3-4-6-14(11)19-10-15(18)16-8-7-13(17)12(2)9-16/h3-6,12-13,17H,7-10H2,1-2H3. The fourth-order valence-electron chi connectivity index (χ4n) is 2.31. The molecule has 1 heterocycles. The van der Waals surface area contributed by atoms with Gasteiger partial charge in [-0.3, -0.25) is 4.79 Å². The topological polar surface area (TPSA) is 49.8 Å². The summed E-state index contributed by atoms with van der Waals surface area (Å²) >= 11 is 0. The smallest absolute Gasteiger partial charge is 0.260 e. The van der Waals surface area contributed by atoms with Gasteiger partial charge in [0.25, 0.3) is 5.91 Å². The van der Waals surface area contributed by atoms with Gasteiger partial charge in [0, 0.05) is 13.1 Å². The van der Waals surface area contributed by atoms with E-state index in [9.17, 15) is 9.90 Å². The molecular weight excluding hydrogens is 242 g/mol. The first-order valence-electron chi connectivity index (χ1n) is 6.72. The highest BCUT2D eigenvalue weighted by Gasteiger charge is 2.27. The van der Waals surface area contributed by atoms with Gasteiger partial charge in [0.15, 0.2) is 6.61 Å². The Hall–Kier alpha value is -1.55. The van der Waals surface area contributed by atoms with Crippen LogP contribution in [0, 0.1) is 12.8 Å². The maximum absolute atomic E-state index is 12.1. The first-order valence-corrected chi connectivity index (χ1v) is 6.72. The quantitative estimate of drug-likeness (QED) is 0.901. The van der Waals surface area contributed by atoms with Gasteiger partial charge in [-0.25, -0.2) is 0 Å². The molecule has 1 aliphatic heterocycles. The molecule has 0 aromatic heterocycles. The Morgan fingerprint density at radius 2 is 2.21 bits per heavy atom. The second kappa shape index (κ2) is 6.06. The lowest BCUT2D eigenvalue weighted by molar-refractivity contribution is -0.136.